The van der Waals surface area contributed by atoms with Gasteiger partial charge in [-0.15, -0.1) is 0 Å². The maximum atomic E-state index is 13.5. The number of benzene rings is 1. The van der Waals surface area contributed by atoms with Crippen LogP contribution in [-0.4, -0.2) is 48.9 Å². The van der Waals surface area contributed by atoms with E-state index in [0.29, 0.717) is 12.6 Å². The van der Waals surface area contributed by atoms with Crippen molar-refractivity contribution >= 4 is 30.1 Å². The van der Waals surface area contributed by atoms with Crippen LogP contribution in [0.2, 0.25) is 6.82 Å². The van der Waals surface area contributed by atoms with Crippen molar-refractivity contribution in [1.82, 2.24) is 5.23 Å². The second-order valence-corrected chi connectivity index (χ2v) is 9.43. The van der Waals surface area contributed by atoms with Gasteiger partial charge in [0.1, 0.15) is 0 Å². The third-order valence-electron chi connectivity index (χ3n) is 6.02. The summed E-state index contributed by atoms with van der Waals surface area (Å²) < 4.78 is 0. The van der Waals surface area contributed by atoms with Crippen molar-refractivity contribution in [2.24, 2.45) is 5.41 Å². The standard InChI is InChI=1S/C22H34BN3O3/c1-22(2,3)20(27)15-26-19-13-9-8-12-18(19)25(16-10-6-5-7-11-16)14-17(21(26)28)24-23(4)29/h8-9,12-13,16-17,24,29H,5-7,10-11,14-15H2,1-4H3/t17-/m1/s1. The molecule has 158 valence electrons. The Hall–Kier alpha value is -1.86. The third kappa shape index (κ3) is 5.01. The van der Waals surface area contributed by atoms with E-state index in [1.54, 1.807) is 11.7 Å². The fourth-order valence-electron chi connectivity index (χ4n) is 4.31. The van der Waals surface area contributed by atoms with Crippen LogP contribution in [-0.2, 0) is 9.59 Å². The monoisotopic (exact) mass is 399 g/mol. The lowest BCUT2D eigenvalue weighted by Gasteiger charge is -2.37. The van der Waals surface area contributed by atoms with Gasteiger partial charge in [0.05, 0.1) is 24.0 Å². The fourth-order valence-corrected chi connectivity index (χ4v) is 4.31. The molecule has 2 N–H and O–H groups in total. The number of rotatable bonds is 5. The Labute approximate surface area is 174 Å². The van der Waals surface area contributed by atoms with Gasteiger partial charge in [-0.25, -0.2) is 0 Å². The number of carbonyl (C=O) groups excluding carboxylic acids is 2. The highest BCUT2D eigenvalue weighted by Gasteiger charge is 2.38. The molecule has 0 bridgehead atoms. The number of amides is 1. The van der Waals surface area contributed by atoms with Gasteiger partial charge in [-0.2, -0.15) is 0 Å². The molecule has 1 aliphatic heterocycles. The minimum absolute atomic E-state index is 0.0163. The van der Waals surface area contributed by atoms with E-state index in [1.807, 2.05) is 39.0 Å². The highest BCUT2D eigenvalue weighted by atomic mass is 16.2. The number of hydrogen-bond donors (Lipinski definition) is 2. The third-order valence-corrected chi connectivity index (χ3v) is 6.02. The molecular weight excluding hydrogens is 365 g/mol. The van der Waals surface area contributed by atoms with E-state index < -0.39 is 18.5 Å². The Kier molecular flexibility index (Phi) is 6.69. The maximum Gasteiger partial charge on any atom is 0.374 e. The summed E-state index contributed by atoms with van der Waals surface area (Å²) >= 11 is 0. The van der Waals surface area contributed by atoms with E-state index in [1.165, 1.54) is 19.3 Å². The highest BCUT2D eigenvalue weighted by Crippen LogP contribution is 2.37. The molecule has 0 aromatic heterocycles. The van der Waals surface area contributed by atoms with Crippen LogP contribution in [0.1, 0.15) is 52.9 Å². The molecule has 0 saturated heterocycles. The quantitative estimate of drug-likeness (QED) is 0.745. The first-order valence-electron chi connectivity index (χ1n) is 10.8. The summed E-state index contributed by atoms with van der Waals surface area (Å²) in [7, 11) is -0.807. The largest absolute Gasteiger partial charge is 0.437 e. The molecule has 1 aromatic carbocycles. The number of fused-ring (bicyclic) bond motifs is 1. The first-order chi connectivity index (χ1) is 13.7. The smallest absolute Gasteiger partial charge is 0.374 e. The van der Waals surface area contributed by atoms with Crippen LogP contribution in [0.15, 0.2) is 24.3 Å². The second kappa shape index (κ2) is 8.88. The maximum absolute atomic E-state index is 13.5. The van der Waals surface area contributed by atoms with E-state index in [4.69, 9.17) is 0 Å². The summed E-state index contributed by atoms with van der Waals surface area (Å²) in [5, 5.41) is 13.0. The molecular formula is C22H34BN3O3. The van der Waals surface area contributed by atoms with Gasteiger partial charge >= 0.3 is 7.05 Å². The van der Waals surface area contributed by atoms with Crippen LogP contribution < -0.4 is 15.0 Å². The number of anilines is 2. The topological polar surface area (TPSA) is 72.9 Å². The van der Waals surface area contributed by atoms with Crippen LogP contribution in [0.5, 0.6) is 0 Å². The van der Waals surface area contributed by atoms with Crippen molar-refractivity contribution in [3.8, 4) is 0 Å². The van der Waals surface area contributed by atoms with Crippen molar-refractivity contribution in [2.45, 2.75) is 71.8 Å². The van der Waals surface area contributed by atoms with Crippen LogP contribution in [0, 0.1) is 5.41 Å². The molecule has 6 nitrogen and oxygen atoms in total. The average Bonchev–Trinajstić information content (AvgIpc) is 2.78. The van der Waals surface area contributed by atoms with Gasteiger partial charge in [0.15, 0.2) is 5.78 Å². The predicted octanol–water partition coefficient (Wildman–Crippen LogP) is 2.86. The van der Waals surface area contributed by atoms with E-state index in [-0.39, 0.29) is 18.2 Å². The molecule has 29 heavy (non-hydrogen) atoms. The van der Waals surface area contributed by atoms with Crippen molar-refractivity contribution in [2.75, 3.05) is 22.9 Å². The minimum Gasteiger partial charge on any atom is -0.437 e. The summed E-state index contributed by atoms with van der Waals surface area (Å²) in [6.45, 7) is 7.79. The molecule has 7 heteroatoms. The molecule has 1 aromatic rings. The molecule has 3 rings (SSSR count). The predicted molar refractivity (Wildman–Crippen MR) is 118 cm³/mol. The number of Topliss-reactive ketones (excluding diaryl/α,β-unsaturated/α-hetero) is 1. The Morgan fingerprint density at radius 2 is 1.79 bits per heavy atom. The molecule has 1 aliphatic carbocycles. The van der Waals surface area contributed by atoms with E-state index >= 15 is 0 Å². The summed E-state index contributed by atoms with van der Waals surface area (Å²) in [5.41, 5.74) is 1.26. The van der Waals surface area contributed by atoms with Crippen molar-refractivity contribution in [3.05, 3.63) is 24.3 Å². The summed E-state index contributed by atoms with van der Waals surface area (Å²) in [6, 6.07) is 7.69. The molecule has 0 unspecified atom stereocenters. The van der Waals surface area contributed by atoms with Crippen LogP contribution in [0.4, 0.5) is 11.4 Å². The fraction of sp³-hybridized carbons (Fsp3) is 0.636. The summed E-state index contributed by atoms with van der Waals surface area (Å²) in [6.07, 6.45) is 5.85. The van der Waals surface area contributed by atoms with Gasteiger partial charge in [-0.05, 0) is 31.8 Å². The lowest BCUT2D eigenvalue weighted by molar-refractivity contribution is -0.127. The van der Waals surface area contributed by atoms with Crippen LogP contribution >= 0.6 is 0 Å². The molecule has 1 saturated carbocycles. The van der Waals surface area contributed by atoms with Gasteiger partial charge in [0.25, 0.3) is 0 Å². The zero-order valence-corrected chi connectivity index (χ0v) is 18.1. The summed E-state index contributed by atoms with van der Waals surface area (Å²) in [5.74, 6) is -0.142. The van der Waals surface area contributed by atoms with Crippen molar-refractivity contribution in [3.63, 3.8) is 0 Å². The number of carbonyl (C=O) groups is 2. The molecule has 1 heterocycles. The van der Waals surface area contributed by atoms with Gasteiger partial charge in [0, 0.05) is 18.0 Å². The van der Waals surface area contributed by atoms with E-state index in [0.717, 1.165) is 24.2 Å². The summed E-state index contributed by atoms with van der Waals surface area (Å²) in [4.78, 5) is 30.3. The first-order valence-corrected chi connectivity index (χ1v) is 10.8. The minimum atomic E-state index is -0.807. The zero-order chi connectivity index (χ0) is 21.2. The normalized spacial score (nSPS) is 21.0. The average molecular weight is 399 g/mol. The SMILES string of the molecule is CB(O)N[C@@H]1CN(C2CCCCC2)c2ccccc2N(CC(=O)C(C)(C)C)C1=O. The molecule has 1 fully saturated rings. The lowest BCUT2D eigenvalue weighted by atomic mass is 9.86. The van der Waals surface area contributed by atoms with Gasteiger partial charge in [-0.1, -0.05) is 52.2 Å². The van der Waals surface area contributed by atoms with Crippen molar-refractivity contribution in [1.29, 1.82) is 0 Å². The zero-order valence-electron chi connectivity index (χ0n) is 18.1. The Morgan fingerprint density at radius 3 is 2.38 bits per heavy atom. The second-order valence-electron chi connectivity index (χ2n) is 9.43. The Bertz CT molecular complexity index is 741. The number of ketones is 1. The first kappa shape index (κ1) is 21.8. The Morgan fingerprint density at radius 1 is 1.17 bits per heavy atom. The molecule has 0 spiro atoms. The van der Waals surface area contributed by atoms with E-state index in [9.17, 15) is 14.6 Å². The number of nitrogens with one attached hydrogen (secondary N) is 1. The number of para-hydroxylation sites is 2. The van der Waals surface area contributed by atoms with Crippen molar-refractivity contribution < 1.29 is 14.6 Å². The number of hydrogen-bond acceptors (Lipinski definition) is 5. The highest BCUT2D eigenvalue weighted by molar-refractivity contribution is 6.46. The molecule has 1 atom stereocenters. The van der Waals surface area contributed by atoms with Gasteiger partial charge < -0.3 is 20.1 Å². The Balaban J connectivity index is 2.03. The molecule has 1 amide bonds. The molecule has 0 radical (unpaired) electrons. The van der Waals surface area contributed by atoms with Gasteiger partial charge in [-0.3, -0.25) is 9.59 Å². The van der Waals surface area contributed by atoms with Crippen LogP contribution in [0.3, 0.4) is 0 Å². The lowest BCUT2D eigenvalue weighted by Crippen LogP contribution is -2.56. The number of nitrogens with zero attached hydrogens (tertiary/aromatic N) is 2. The molecule has 2 aliphatic rings. The van der Waals surface area contributed by atoms with E-state index in [2.05, 4.69) is 16.2 Å². The van der Waals surface area contributed by atoms with Gasteiger partial charge in [0.2, 0.25) is 5.91 Å². The van der Waals surface area contributed by atoms with Crippen LogP contribution in [0.25, 0.3) is 0 Å².